The van der Waals surface area contributed by atoms with Crippen LogP contribution in [-0.4, -0.2) is 64.8 Å². The molecule has 0 spiro atoms. The van der Waals surface area contributed by atoms with Crippen molar-refractivity contribution in [3.8, 4) is 11.6 Å². The second kappa shape index (κ2) is 11.4. The Labute approximate surface area is 224 Å². The minimum atomic E-state index is -0.300. The number of hydrogen-bond donors (Lipinski definition) is 2. The summed E-state index contributed by atoms with van der Waals surface area (Å²) in [7, 11) is 2.08. The van der Waals surface area contributed by atoms with Gasteiger partial charge in [0.15, 0.2) is 0 Å². The van der Waals surface area contributed by atoms with Crippen LogP contribution < -0.4 is 15.4 Å². The number of fused-ring (bicyclic) bond motifs is 1. The smallest absolute Gasteiger partial charge is 0.247 e. The fourth-order valence-electron chi connectivity index (χ4n) is 4.08. The van der Waals surface area contributed by atoms with Gasteiger partial charge in [-0.05, 0) is 54.4 Å². The van der Waals surface area contributed by atoms with Crippen molar-refractivity contribution in [1.82, 2.24) is 19.8 Å². The van der Waals surface area contributed by atoms with Crippen molar-refractivity contribution in [3.05, 3.63) is 78.2 Å². The van der Waals surface area contributed by atoms with E-state index in [1.54, 1.807) is 24.3 Å². The fourth-order valence-corrected chi connectivity index (χ4v) is 4.84. The summed E-state index contributed by atoms with van der Waals surface area (Å²) < 4.78 is 6.92. The Morgan fingerprint density at radius 3 is 2.61 bits per heavy atom. The maximum Gasteiger partial charge on any atom is 0.247 e. The van der Waals surface area contributed by atoms with E-state index < -0.39 is 0 Å². The summed E-state index contributed by atoms with van der Waals surface area (Å²) in [5, 5.41) is 7.90. The van der Waals surface area contributed by atoms with Crippen LogP contribution in [0.3, 0.4) is 0 Å². The molecule has 5 rings (SSSR count). The Balaban J connectivity index is 1.28. The summed E-state index contributed by atoms with van der Waals surface area (Å²) in [5.74, 6) is 1.18. The van der Waals surface area contributed by atoms with E-state index in [2.05, 4.69) is 39.1 Å². The number of likely N-dealkylation sites (N-methyl/N-ethyl adjacent to an activating group) is 1. The summed E-state index contributed by atoms with van der Waals surface area (Å²) in [4.78, 5) is 37.7. The molecule has 3 heterocycles. The normalized spacial score (nSPS) is 13.8. The molecule has 9 nitrogen and oxygen atoms in total. The molecule has 1 aliphatic rings. The molecule has 1 aliphatic heterocycles. The molecular formula is C28H28N6O3S. The summed E-state index contributed by atoms with van der Waals surface area (Å²) in [6, 6.07) is 16.7. The van der Waals surface area contributed by atoms with Crippen molar-refractivity contribution >= 4 is 50.7 Å². The number of piperazine rings is 1. The molecule has 1 saturated heterocycles. The van der Waals surface area contributed by atoms with Gasteiger partial charge < -0.3 is 25.2 Å². The average molecular weight is 529 g/mol. The SMILES string of the molecule is C=CC(=O)Nc1cccc(Oc2nc(Nc3ccc(CC(=O)N4CCN(C)CC4)cc3)nc3ccsc23)c1. The number of amides is 2. The number of carbonyl (C=O) groups is 2. The van der Waals surface area contributed by atoms with Crippen LogP contribution in [0.4, 0.5) is 17.3 Å². The van der Waals surface area contributed by atoms with Crippen LogP contribution in [0.1, 0.15) is 5.56 Å². The molecule has 0 unspecified atom stereocenters. The molecular weight excluding hydrogens is 500 g/mol. The topological polar surface area (TPSA) is 99.7 Å². The summed E-state index contributed by atoms with van der Waals surface area (Å²) in [6.07, 6.45) is 1.59. The summed E-state index contributed by atoms with van der Waals surface area (Å²) in [6.45, 7) is 6.84. The summed E-state index contributed by atoms with van der Waals surface area (Å²) >= 11 is 1.49. The third-order valence-electron chi connectivity index (χ3n) is 6.20. The van der Waals surface area contributed by atoms with E-state index in [4.69, 9.17) is 4.74 Å². The maximum absolute atomic E-state index is 12.7. The highest BCUT2D eigenvalue weighted by Crippen LogP contribution is 2.33. The number of aromatic nitrogens is 2. The number of nitrogens with zero attached hydrogens (tertiary/aromatic N) is 4. The number of carbonyl (C=O) groups excluding carboxylic acids is 2. The number of rotatable bonds is 8. The van der Waals surface area contributed by atoms with Crippen LogP contribution in [0.15, 0.2) is 72.6 Å². The van der Waals surface area contributed by atoms with Crippen LogP contribution in [0, 0.1) is 0 Å². The Morgan fingerprint density at radius 2 is 1.84 bits per heavy atom. The predicted molar refractivity (Wildman–Crippen MR) is 150 cm³/mol. The molecule has 38 heavy (non-hydrogen) atoms. The first-order valence-corrected chi connectivity index (χ1v) is 13.1. The highest BCUT2D eigenvalue weighted by molar-refractivity contribution is 7.17. The molecule has 2 aromatic carbocycles. The minimum Gasteiger partial charge on any atom is -0.437 e. The van der Waals surface area contributed by atoms with E-state index in [9.17, 15) is 9.59 Å². The van der Waals surface area contributed by atoms with Gasteiger partial charge >= 0.3 is 0 Å². The van der Waals surface area contributed by atoms with Crippen LogP contribution >= 0.6 is 11.3 Å². The molecule has 0 radical (unpaired) electrons. The van der Waals surface area contributed by atoms with E-state index in [1.165, 1.54) is 17.4 Å². The van der Waals surface area contributed by atoms with Crippen molar-refractivity contribution in [3.63, 3.8) is 0 Å². The Kier molecular flexibility index (Phi) is 7.62. The van der Waals surface area contributed by atoms with Gasteiger partial charge in [0.25, 0.3) is 0 Å². The van der Waals surface area contributed by atoms with Gasteiger partial charge in [0, 0.05) is 43.6 Å². The third kappa shape index (κ3) is 6.16. The highest BCUT2D eigenvalue weighted by Gasteiger charge is 2.19. The Bertz CT molecular complexity index is 1460. The number of anilines is 3. The third-order valence-corrected chi connectivity index (χ3v) is 7.09. The molecule has 0 bridgehead atoms. The second-order valence-electron chi connectivity index (χ2n) is 8.99. The lowest BCUT2D eigenvalue weighted by Gasteiger charge is -2.32. The van der Waals surface area contributed by atoms with Gasteiger partial charge in [0.1, 0.15) is 10.4 Å². The molecule has 10 heteroatoms. The highest BCUT2D eigenvalue weighted by atomic mass is 32.1. The van der Waals surface area contributed by atoms with Crippen LogP contribution in [-0.2, 0) is 16.0 Å². The van der Waals surface area contributed by atoms with Crippen LogP contribution in [0.5, 0.6) is 11.6 Å². The minimum absolute atomic E-state index is 0.153. The molecule has 0 aliphatic carbocycles. The first kappa shape index (κ1) is 25.4. The largest absolute Gasteiger partial charge is 0.437 e. The van der Waals surface area contributed by atoms with E-state index >= 15 is 0 Å². The lowest BCUT2D eigenvalue weighted by molar-refractivity contribution is -0.132. The molecule has 2 N–H and O–H groups in total. The zero-order chi connectivity index (χ0) is 26.5. The molecule has 2 amide bonds. The lowest BCUT2D eigenvalue weighted by Crippen LogP contribution is -2.47. The second-order valence-corrected chi connectivity index (χ2v) is 9.91. The van der Waals surface area contributed by atoms with Gasteiger partial charge in [-0.1, -0.05) is 24.8 Å². The van der Waals surface area contributed by atoms with E-state index in [1.807, 2.05) is 40.6 Å². The quantitative estimate of drug-likeness (QED) is 0.321. The van der Waals surface area contributed by atoms with Gasteiger partial charge in [0.05, 0.1) is 11.9 Å². The number of benzene rings is 2. The van der Waals surface area contributed by atoms with Crippen molar-refractivity contribution in [2.24, 2.45) is 0 Å². The zero-order valence-corrected chi connectivity index (χ0v) is 21.8. The molecule has 1 fully saturated rings. The number of ether oxygens (including phenoxy) is 1. The Hall–Kier alpha value is -4.28. The molecule has 4 aromatic rings. The number of nitrogens with one attached hydrogen (secondary N) is 2. The van der Waals surface area contributed by atoms with Crippen molar-refractivity contribution in [1.29, 1.82) is 0 Å². The van der Waals surface area contributed by atoms with E-state index in [0.29, 0.717) is 29.7 Å². The van der Waals surface area contributed by atoms with Crippen molar-refractivity contribution in [2.45, 2.75) is 6.42 Å². The predicted octanol–water partition coefficient (Wildman–Crippen LogP) is 4.67. The van der Waals surface area contributed by atoms with Gasteiger partial charge in [0.2, 0.25) is 23.6 Å². The molecule has 0 saturated carbocycles. The van der Waals surface area contributed by atoms with Crippen molar-refractivity contribution < 1.29 is 14.3 Å². The first-order chi connectivity index (χ1) is 18.5. The zero-order valence-electron chi connectivity index (χ0n) is 21.0. The molecule has 0 atom stereocenters. The first-order valence-electron chi connectivity index (χ1n) is 12.3. The average Bonchev–Trinajstić information content (AvgIpc) is 3.39. The van der Waals surface area contributed by atoms with E-state index in [-0.39, 0.29) is 11.8 Å². The Morgan fingerprint density at radius 1 is 1.05 bits per heavy atom. The van der Waals surface area contributed by atoms with Gasteiger partial charge in [-0.2, -0.15) is 4.98 Å². The number of thiophene rings is 1. The number of hydrogen-bond acceptors (Lipinski definition) is 8. The molecule has 2 aromatic heterocycles. The van der Waals surface area contributed by atoms with Gasteiger partial charge in [-0.25, -0.2) is 4.98 Å². The monoisotopic (exact) mass is 528 g/mol. The fraction of sp³-hybridized carbons (Fsp3) is 0.214. The lowest BCUT2D eigenvalue weighted by atomic mass is 10.1. The molecule has 194 valence electrons. The van der Waals surface area contributed by atoms with Crippen molar-refractivity contribution in [2.75, 3.05) is 43.9 Å². The van der Waals surface area contributed by atoms with Crippen LogP contribution in [0.25, 0.3) is 10.2 Å². The van der Waals surface area contributed by atoms with Gasteiger partial charge in [-0.15, -0.1) is 11.3 Å². The summed E-state index contributed by atoms with van der Waals surface area (Å²) in [5.41, 5.74) is 3.11. The van der Waals surface area contributed by atoms with Crippen LogP contribution in [0.2, 0.25) is 0 Å². The van der Waals surface area contributed by atoms with E-state index in [0.717, 1.165) is 47.6 Å². The maximum atomic E-state index is 12.7. The standard InChI is InChI=1S/C28H28N6O3S/c1-3-24(35)29-21-5-4-6-22(18-21)37-27-26-23(11-16-38-26)31-28(32-27)30-20-9-7-19(8-10-20)17-25(36)34-14-12-33(2)13-15-34/h3-11,16,18H,1,12-15,17H2,2H3,(H,29,35)(H,30,31,32). The van der Waals surface area contributed by atoms with Gasteiger partial charge in [-0.3, -0.25) is 9.59 Å².